The van der Waals surface area contributed by atoms with E-state index in [1.165, 1.54) is 11.8 Å². The Hall–Kier alpha value is -0.510. The van der Waals surface area contributed by atoms with E-state index in [1.54, 1.807) is 0 Å². The third kappa shape index (κ3) is 2.22. The number of nitrogens with two attached hydrogens (primary N) is 1. The molecule has 0 aromatic rings. The van der Waals surface area contributed by atoms with Crippen LogP contribution in [0.3, 0.4) is 0 Å². The Kier molecular flexibility index (Phi) is 2.54. The van der Waals surface area contributed by atoms with Gasteiger partial charge in [0.15, 0.2) is 5.17 Å². The van der Waals surface area contributed by atoms with Gasteiger partial charge in [0.05, 0.1) is 5.25 Å². The van der Waals surface area contributed by atoms with Crippen molar-refractivity contribution in [2.75, 3.05) is 0 Å². The topological polar surface area (TPSA) is 55.4 Å². The number of carbonyl (C=O) groups excluding carboxylic acids is 1. The summed E-state index contributed by atoms with van der Waals surface area (Å²) in [6, 6.07) is 0. The Morgan fingerprint density at radius 1 is 1.73 bits per heavy atom. The van der Waals surface area contributed by atoms with Gasteiger partial charge in [-0.2, -0.15) is 4.99 Å². The van der Waals surface area contributed by atoms with Crippen LogP contribution in [0.4, 0.5) is 0 Å². The van der Waals surface area contributed by atoms with Gasteiger partial charge in [0.2, 0.25) is 0 Å². The number of carbonyl (C=O) groups is 1. The monoisotopic (exact) mass is 172 g/mol. The van der Waals surface area contributed by atoms with Gasteiger partial charge in [-0.05, 0) is 12.3 Å². The summed E-state index contributed by atoms with van der Waals surface area (Å²) in [5, 5.41) is 0.399. The first kappa shape index (κ1) is 8.59. The summed E-state index contributed by atoms with van der Waals surface area (Å²) in [6.07, 6.45) is 0.869. The van der Waals surface area contributed by atoms with Crippen molar-refractivity contribution >= 4 is 22.8 Å². The predicted octanol–water partition coefficient (Wildman–Crippen LogP) is 0.989. The molecule has 0 radical (unpaired) electrons. The van der Waals surface area contributed by atoms with Crippen molar-refractivity contribution in [3.8, 4) is 0 Å². The van der Waals surface area contributed by atoms with Crippen molar-refractivity contribution in [3.63, 3.8) is 0 Å². The van der Waals surface area contributed by atoms with Crippen molar-refractivity contribution in [1.29, 1.82) is 0 Å². The van der Waals surface area contributed by atoms with Gasteiger partial charge in [0.1, 0.15) is 0 Å². The van der Waals surface area contributed by atoms with E-state index < -0.39 is 0 Å². The first-order chi connectivity index (χ1) is 5.09. The van der Waals surface area contributed by atoms with Crippen molar-refractivity contribution < 1.29 is 4.79 Å². The molecule has 0 aliphatic carbocycles. The molecule has 1 aliphatic rings. The second-order valence-corrected chi connectivity index (χ2v) is 4.25. The number of nitrogens with zero attached hydrogens (tertiary/aromatic N) is 1. The van der Waals surface area contributed by atoms with Crippen LogP contribution in [0.1, 0.15) is 20.3 Å². The maximum absolute atomic E-state index is 11.0. The summed E-state index contributed by atoms with van der Waals surface area (Å²) in [7, 11) is 0. The average Bonchev–Trinajstić information content (AvgIpc) is 2.09. The molecule has 1 atom stereocenters. The van der Waals surface area contributed by atoms with Crippen molar-refractivity contribution in [2.24, 2.45) is 16.6 Å². The van der Waals surface area contributed by atoms with Crippen molar-refractivity contribution in [2.45, 2.75) is 25.5 Å². The first-order valence-corrected chi connectivity index (χ1v) is 4.52. The molecule has 1 unspecified atom stereocenters. The largest absolute Gasteiger partial charge is 0.378 e. The zero-order chi connectivity index (χ0) is 8.43. The smallest absolute Gasteiger partial charge is 0.261 e. The molecule has 0 aromatic carbocycles. The molecular formula is C7H12N2OS. The molecule has 3 nitrogen and oxygen atoms in total. The average molecular weight is 172 g/mol. The van der Waals surface area contributed by atoms with Crippen LogP contribution < -0.4 is 5.73 Å². The second-order valence-electron chi connectivity index (χ2n) is 3.02. The summed E-state index contributed by atoms with van der Waals surface area (Å²) in [5.41, 5.74) is 5.38. The van der Waals surface area contributed by atoms with E-state index in [0.29, 0.717) is 11.1 Å². The number of amidine groups is 1. The van der Waals surface area contributed by atoms with Crippen LogP contribution in [-0.4, -0.2) is 16.3 Å². The molecule has 0 saturated heterocycles. The highest BCUT2D eigenvalue weighted by Gasteiger charge is 2.27. The fourth-order valence-corrected chi connectivity index (χ4v) is 2.05. The standard InChI is InChI=1S/C7H12N2OS/c1-4(2)3-5-6(10)9-7(8)11-5/h4-5H,3H2,1-2H3,(H2,8,9,10). The van der Waals surface area contributed by atoms with Gasteiger partial charge in [0, 0.05) is 0 Å². The highest BCUT2D eigenvalue weighted by atomic mass is 32.2. The van der Waals surface area contributed by atoms with Crippen molar-refractivity contribution in [3.05, 3.63) is 0 Å². The van der Waals surface area contributed by atoms with E-state index >= 15 is 0 Å². The number of rotatable bonds is 2. The van der Waals surface area contributed by atoms with Crippen LogP contribution in [0, 0.1) is 5.92 Å². The zero-order valence-electron chi connectivity index (χ0n) is 6.70. The SMILES string of the molecule is CC(C)CC1SC(N)=NC1=O. The van der Waals surface area contributed by atoms with Gasteiger partial charge in [-0.3, -0.25) is 4.79 Å². The molecule has 62 valence electrons. The maximum Gasteiger partial charge on any atom is 0.261 e. The number of aliphatic imine (C=N–C) groups is 1. The molecule has 1 rings (SSSR count). The van der Waals surface area contributed by atoms with Crippen LogP contribution >= 0.6 is 11.8 Å². The number of hydrogen-bond donors (Lipinski definition) is 1. The lowest BCUT2D eigenvalue weighted by molar-refractivity contribution is -0.117. The minimum atomic E-state index is -0.0683. The molecule has 2 N–H and O–H groups in total. The third-order valence-electron chi connectivity index (χ3n) is 1.44. The lowest BCUT2D eigenvalue weighted by atomic mass is 10.1. The second kappa shape index (κ2) is 3.26. The molecule has 0 saturated carbocycles. The zero-order valence-corrected chi connectivity index (χ0v) is 7.52. The molecule has 0 spiro atoms. The molecule has 4 heteroatoms. The normalized spacial score (nSPS) is 24.5. The van der Waals surface area contributed by atoms with Gasteiger partial charge >= 0.3 is 0 Å². The third-order valence-corrected chi connectivity index (χ3v) is 2.46. The number of thioether (sulfide) groups is 1. The minimum Gasteiger partial charge on any atom is -0.378 e. The van der Waals surface area contributed by atoms with E-state index in [-0.39, 0.29) is 11.2 Å². The molecular weight excluding hydrogens is 160 g/mol. The summed E-state index contributed by atoms with van der Waals surface area (Å²) in [4.78, 5) is 14.7. The predicted molar refractivity (Wildman–Crippen MR) is 47.5 cm³/mol. The van der Waals surface area contributed by atoms with Crippen LogP contribution in [0.15, 0.2) is 4.99 Å². The quantitative estimate of drug-likeness (QED) is 0.675. The fourth-order valence-electron chi connectivity index (χ4n) is 0.980. The summed E-state index contributed by atoms with van der Waals surface area (Å²) in [5.74, 6) is 0.457. The van der Waals surface area contributed by atoms with E-state index in [1.807, 2.05) is 0 Å². The summed E-state index contributed by atoms with van der Waals surface area (Å²) in [6.45, 7) is 4.17. The number of hydrogen-bond acceptors (Lipinski definition) is 3. The Balaban J connectivity index is 2.47. The Morgan fingerprint density at radius 3 is 2.73 bits per heavy atom. The summed E-state index contributed by atoms with van der Waals surface area (Å²) >= 11 is 1.38. The van der Waals surface area contributed by atoms with Crippen molar-refractivity contribution in [1.82, 2.24) is 0 Å². The van der Waals surface area contributed by atoms with Gasteiger partial charge in [0.25, 0.3) is 5.91 Å². The molecule has 0 aromatic heterocycles. The lowest BCUT2D eigenvalue weighted by Crippen LogP contribution is -2.13. The maximum atomic E-state index is 11.0. The Bertz CT molecular complexity index is 201. The summed E-state index contributed by atoms with van der Waals surface area (Å²) < 4.78 is 0. The van der Waals surface area contributed by atoms with E-state index in [0.717, 1.165) is 6.42 Å². The molecule has 0 bridgehead atoms. The van der Waals surface area contributed by atoms with Crippen LogP contribution in [0.25, 0.3) is 0 Å². The van der Waals surface area contributed by atoms with Crippen LogP contribution in [0.5, 0.6) is 0 Å². The molecule has 1 aliphatic heterocycles. The minimum absolute atomic E-state index is 0.0185. The first-order valence-electron chi connectivity index (χ1n) is 3.64. The highest BCUT2D eigenvalue weighted by Crippen LogP contribution is 2.25. The highest BCUT2D eigenvalue weighted by molar-refractivity contribution is 8.15. The number of amides is 1. The lowest BCUT2D eigenvalue weighted by Gasteiger charge is -2.07. The van der Waals surface area contributed by atoms with Gasteiger partial charge in [-0.15, -0.1) is 0 Å². The van der Waals surface area contributed by atoms with Crippen LogP contribution in [-0.2, 0) is 4.79 Å². The Labute approximate surface area is 70.4 Å². The van der Waals surface area contributed by atoms with Gasteiger partial charge < -0.3 is 5.73 Å². The van der Waals surface area contributed by atoms with E-state index in [4.69, 9.17) is 5.73 Å². The van der Waals surface area contributed by atoms with E-state index in [2.05, 4.69) is 18.8 Å². The molecule has 11 heavy (non-hydrogen) atoms. The van der Waals surface area contributed by atoms with Gasteiger partial charge in [-0.1, -0.05) is 25.6 Å². The van der Waals surface area contributed by atoms with Crippen LogP contribution in [0.2, 0.25) is 0 Å². The van der Waals surface area contributed by atoms with Gasteiger partial charge in [-0.25, -0.2) is 0 Å². The fraction of sp³-hybridized carbons (Fsp3) is 0.714. The molecule has 0 fully saturated rings. The van der Waals surface area contributed by atoms with E-state index in [9.17, 15) is 4.79 Å². The molecule has 1 heterocycles. The molecule has 1 amide bonds. The Morgan fingerprint density at radius 2 is 2.36 bits per heavy atom.